The molecule has 2 fully saturated rings. The Morgan fingerprint density at radius 2 is 1.55 bits per heavy atom. The molecule has 0 aromatic heterocycles. The average Bonchev–Trinajstić information content (AvgIpc) is 3.24. The van der Waals surface area contributed by atoms with E-state index in [1.165, 1.54) is 22.5 Å². The van der Waals surface area contributed by atoms with E-state index in [1.807, 2.05) is 23.1 Å². The summed E-state index contributed by atoms with van der Waals surface area (Å²) in [7, 11) is -3.88. The minimum atomic E-state index is -3.88. The molecule has 0 spiro atoms. The Morgan fingerprint density at radius 1 is 0.897 bits per heavy atom. The number of sulfonamides is 1. The van der Waals surface area contributed by atoms with E-state index < -0.39 is 15.8 Å². The molecule has 29 heavy (non-hydrogen) atoms. The van der Waals surface area contributed by atoms with Crippen LogP contribution in [0.25, 0.3) is 0 Å². The van der Waals surface area contributed by atoms with Crippen molar-refractivity contribution in [2.24, 2.45) is 5.92 Å². The number of likely N-dealkylation sites (tertiary alicyclic amines) is 1. The van der Waals surface area contributed by atoms with Crippen LogP contribution in [0.1, 0.15) is 37.3 Å². The zero-order valence-corrected chi connectivity index (χ0v) is 17.0. The van der Waals surface area contributed by atoms with Crippen LogP contribution in [0.3, 0.4) is 0 Å². The third-order valence-electron chi connectivity index (χ3n) is 5.98. The first-order chi connectivity index (χ1) is 14.0. The van der Waals surface area contributed by atoms with Gasteiger partial charge in [0.1, 0.15) is 10.7 Å². The van der Waals surface area contributed by atoms with E-state index >= 15 is 0 Å². The Labute approximate surface area is 171 Å². The summed E-state index contributed by atoms with van der Waals surface area (Å²) >= 11 is 0. The Morgan fingerprint density at radius 3 is 2.24 bits per heavy atom. The van der Waals surface area contributed by atoms with Crippen molar-refractivity contribution in [3.8, 4) is 0 Å². The number of piperidine rings is 1. The molecule has 1 amide bonds. The van der Waals surface area contributed by atoms with Crippen LogP contribution in [0.5, 0.6) is 0 Å². The van der Waals surface area contributed by atoms with Gasteiger partial charge in [-0.1, -0.05) is 42.5 Å². The lowest BCUT2D eigenvalue weighted by Gasteiger charge is -2.34. The number of hydrogen-bond donors (Lipinski definition) is 0. The van der Waals surface area contributed by atoms with Crippen LogP contribution in [0.2, 0.25) is 0 Å². The van der Waals surface area contributed by atoms with Crippen molar-refractivity contribution in [1.29, 1.82) is 0 Å². The minimum Gasteiger partial charge on any atom is -0.335 e. The molecule has 0 aliphatic carbocycles. The first-order valence-electron chi connectivity index (χ1n) is 10.1. The highest BCUT2D eigenvalue weighted by molar-refractivity contribution is 7.89. The van der Waals surface area contributed by atoms with Crippen molar-refractivity contribution in [2.75, 3.05) is 19.6 Å². The first kappa shape index (κ1) is 20.0. The zero-order valence-electron chi connectivity index (χ0n) is 16.2. The SMILES string of the molecule is O=C(C1CCN(S(=O)(=O)c2ccccc2F)CC1)N1CCC[C@H]1c1ccccc1. The topological polar surface area (TPSA) is 57.7 Å². The number of hydrogen-bond acceptors (Lipinski definition) is 3. The molecular formula is C22H25FN2O3S. The van der Waals surface area contributed by atoms with E-state index in [1.54, 1.807) is 0 Å². The molecule has 5 nitrogen and oxygen atoms in total. The second kappa shape index (κ2) is 8.24. The Kier molecular flexibility index (Phi) is 5.69. The van der Waals surface area contributed by atoms with Gasteiger partial charge in [-0.15, -0.1) is 0 Å². The van der Waals surface area contributed by atoms with Gasteiger partial charge in [0.2, 0.25) is 15.9 Å². The van der Waals surface area contributed by atoms with Crippen molar-refractivity contribution in [3.05, 3.63) is 66.0 Å². The number of benzene rings is 2. The number of rotatable bonds is 4. The normalized spacial score (nSPS) is 21.4. The highest BCUT2D eigenvalue weighted by Gasteiger charge is 2.38. The fourth-order valence-electron chi connectivity index (χ4n) is 4.42. The lowest BCUT2D eigenvalue weighted by molar-refractivity contribution is -0.137. The third kappa shape index (κ3) is 3.94. The fraction of sp³-hybridized carbons (Fsp3) is 0.409. The van der Waals surface area contributed by atoms with Crippen molar-refractivity contribution < 1.29 is 17.6 Å². The monoisotopic (exact) mass is 416 g/mol. The molecule has 154 valence electrons. The molecule has 2 saturated heterocycles. The van der Waals surface area contributed by atoms with Crippen LogP contribution in [0.4, 0.5) is 4.39 Å². The maximum Gasteiger partial charge on any atom is 0.245 e. The molecule has 2 aromatic carbocycles. The molecule has 2 aliphatic rings. The van der Waals surface area contributed by atoms with E-state index in [0.717, 1.165) is 31.0 Å². The highest BCUT2D eigenvalue weighted by atomic mass is 32.2. The van der Waals surface area contributed by atoms with Gasteiger partial charge < -0.3 is 4.90 Å². The minimum absolute atomic E-state index is 0.101. The maximum absolute atomic E-state index is 14.0. The third-order valence-corrected chi connectivity index (χ3v) is 7.91. The van der Waals surface area contributed by atoms with E-state index in [4.69, 9.17) is 0 Å². The second-order valence-corrected chi connectivity index (χ2v) is 9.62. The molecule has 7 heteroatoms. The van der Waals surface area contributed by atoms with Crippen LogP contribution in [0.15, 0.2) is 59.5 Å². The van der Waals surface area contributed by atoms with Crippen molar-refractivity contribution in [3.63, 3.8) is 0 Å². The standard InChI is InChI=1S/C22H25FN2O3S/c23-19-9-4-5-11-21(19)29(27,28)24-15-12-18(13-16-24)22(26)25-14-6-10-20(25)17-7-2-1-3-8-17/h1-5,7-9,11,18,20H,6,10,12-16H2/t20-/m0/s1. The lowest BCUT2D eigenvalue weighted by atomic mass is 9.95. The average molecular weight is 417 g/mol. The van der Waals surface area contributed by atoms with Gasteiger partial charge in [0.25, 0.3) is 0 Å². The fourth-order valence-corrected chi connectivity index (χ4v) is 5.96. The summed E-state index contributed by atoms with van der Waals surface area (Å²) < 4.78 is 40.8. The van der Waals surface area contributed by atoms with Gasteiger partial charge in [0.05, 0.1) is 6.04 Å². The van der Waals surface area contributed by atoms with Crippen molar-refractivity contribution in [1.82, 2.24) is 9.21 Å². The predicted molar refractivity (Wildman–Crippen MR) is 108 cm³/mol. The van der Waals surface area contributed by atoms with E-state index in [-0.39, 0.29) is 35.9 Å². The number of halogens is 1. The summed E-state index contributed by atoms with van der Waals surface area (Å²) in [4.78, 5) is 14.8. The molecule has 2 aromatic rings. The molecular weight excluding hydrogens is 391 g/mol. The summed E-state index contributed by atoms with van der Waals surface area (Å²) in [6, 6.07) is 15.6. The van der Waals surface area contributed by atoms with Gasteiger partial charge in [-0.05, 0) is 43.4 Å². The molecule has 0 bridgehead atoms. The number of carbonyl (C=O) groups excluding carboxylic acids is 1. The molecule has 0 saturated carbocycles. The molecule has 2 heterocycles. The quantitative estimate of drug-likeness (QED) is 0.765. The molecule has 0 unspecified atom stereocenters. The maximum atomic E-state index is 14.0. The number of carbonyl (C=O) groups is 1. The molecule has 0 N–H and O–H groups in total. The zero-order chi connectivity index (χ0) is 20.4. The van der Waals surface area contributed by atoms with Crippen molar-refractivity contribution in [2.45, 2.75) is 36.6 Å². The predicted octanol–water partition coefficient (Wildman–Crippen LogP) is 3.59. The van der Waals surface area contributed by atoms with Crippen LogP contribution in [-0.4, -0.2) is 43.2 Å². The Bertz CT molecular complexity index is 973. The summed E-state index contributed by atoms with van der Waals surface area (Å²) in [5, 5.41) is 0. The second-order valence-electron chi connectivity index (χ2n) is 7.71. The Hall–Kier alpha value is -2.25. The van der Waals surface area contributed by atoms with Gasteiger partial charge in [-0.25, -0.2) is 12.8 Å². The summed E-state index contributed by atoms with van der Waals surface area (Å²) in [5.41, 5.74) is 1.15. The van der Waals surface area contributed by atoms with Crippen LogP contribution in [-0.2, 0) is 14.8 Å². The largest absolute Gasteiger partial charge is 0.335 e. The van der Waals surface area contributed by atoms with Crippen molar-refractivity contribution >= 4 is 15.9 Å². The summed E-state index contributed by atoms with van der Waals surface area (Å²) in [6.45, 7) is 1.21. The lowest BCUT2D eigenvalue weighted by Crippen LogP contribution is -2.44. The van der Waals surface area contributed by atoms with Crippen LogP contribution >= 0.6 is 0 Å². The summed E-state index contributed by atoms with van der Waals surface area (Å²) in [5.74, 6) is -0.820. The van der Waals surface area contributed by atoms with Gasteiger partial charge >= 0.3 is 0 Å². The Balaban J connectivity index is 1.43. The van der Waals surface area contributed by atoms with Gasteiger partial charge in [0, 0.05) is 25.6 Å². The first-order valence-corrected chi connectivity index (χ1v) is 11.5. The molecule has 0 radical (unpaired) electrons. The smallest absolute Gasteiger partial charge is 0.245 e. The van der Waals surface area contributed by atoms with Crippen LogP contribution in [0, 0.1) is 11.7 Å². The van der Waals surface area contributed by atoms with Gasteiger partial charge in [0.15, 0.2) is 0 Å². The van der Waals surface area contributed by atoms with Gasteiger partial charge in [-0.3, -0.25) is 4.79 Å². The number of nitrogens with zero attached hydrogens (tertiary/aromatic N) is 2. The number of amides is 1. The van der Waals surface area contributed by atoms with Gasteiger partial charge in [-0.2, -0.15) is 4.31 Å². The molecule has 4 rings (SSSR count). The summed E-state index contributed by atoms with van der Waals surface area (Å²) in [6.07, 6.45) is 2.86. The molecule has 1 atom stereocenters. The highest BCUT2D eigenvalue weighted by Crippen LogP contribution is 2.35. The van der Waals surface area contributed by atoms with E-state index in [0.29, 0.717) is 12.8 Å². The van der Waals surface area contributed by atoms with E-state index in [2.05, 4.69) is 12.1 Å². The van der Waals surface area contributed by atoms with E-state index in [9.17, 15) is 17.6 Å². The van der Waals surface area contributed by atoms with Crippen LogP contribution < -0.4 is 0 Å². The molecule has 2 aliphatic heterocycles.